The number of nitro benzene ring substituents is 1. The summed E-state index contributed by atoms with van der Waals surface area (Å²) in [5, 5.41) is 11.4. The molecule has 0 spiro atoms. The first-order chi connectivity index (χ1) is 20.6. The van der Waals surface area contributed by atoms with Crippen LogP contribution in [0.3, 0.4) is 0 Å². The second-order valence-electron chi connectivity index (χ2n) is 9.73. The molecule has 1 aliphatic rings. The number of rotatable bonds is 8. The van der Waals surface area contributed by atoms with Crippen molar-refractivity contribution in [3.8, 4) is 5.75 Å². The fourth-order valence-corrected chi connectivity index (χ4v) is 6.69. The molecule has 4 aromatic rings. The average molecular weight is 683 g/mol. The molecule has 2 heterocycles. The summed E-state index contributed by atoms with van der Waals surface area (Å²) >= 11 is 11.1. The predicted molar refractivity (Wildman–Crippen MR) is 168 cm³/mol. The van der Waals surface area contributed by atoms with Crippen LogP contribution in [0.15, 0.2) is 86.2 Å². The van der Waals surface area contributed by atoms with Crippen LogP contribution in [-0.2, 0) is 16.1 Å². The van der Waals surface area contributed by atoms with Crippen molar-refractivity contribution in [2.45, 2.75) is 33.4 Å². The Hall–Kier alpha value is -4.06. The Kier molecular flexibility index (Phi) is 8.95. The number of ether oxygens (including phenoxy) is 2. The zero-order chi connectivity index (χ0) is 30.8. The number of thiazole rings is 1. The van der Waals surface area contributed by atoms with E-state index >= 15 is 0 Å². The van der Waals surface area contributed by atoms with Gasteiger partial charge >= 0.3 is 5.97 Å². The minimum atomic E-state index is -0.720. The first-order valence-electron chi connectivity index (χ1n) is 13.2. The number of carbonyl (C=O) groups excluding carboxylic acids is 1. The number of fused-ring (bicyclic) bond motifs is 1. The largest absolute Gasteiger partial charge is 0.487 e. The molecule has 0 saturated heterocycles. The van der Waals surface area contributed by atoms with Gasteiger partial charge < -0.3 is 9.47 Å². The number of esters is 1. The number of non-ortho nitro benzene ring substituents is 1. The maximum atomic E-state index is 14.0. The van der Waals surface area contributed by atoms with Crippen LogP contribution in [0.2, 0.25) is 5.02 Å². The summed E-state index contributed by atoms with van der Waals surface area (Å²) in [4.78, 5) is 42.7. The first-order valence-corrected chi connectivity index (χ1v) is 15.2. The lowest BCUT2D eigenvalue weighted by molar-refractivity contribution is -0.384. The van der Waals surface area contributed by atoms with Crippen molar-refractivity contribution in [3.63, 3.8) is 0 Å². The molecule has 0 aliphatic carbocycles. The molecule has 5 rings (SSSR count). The minimum absolute atomic E-state index is 0.0159. The summed E-state index contributed by atoms with van der Waals surface area (Å²) in [7, 11) is 0. The summed E-state index contributed by atoms with van der Waals surface area (Å²) in [5.41, 5.74) is 3.50. The standard InChI is InChI=1S/C31H25BrClN3O6S/c1-4-41-30(38)26-18(3)34-31-35(27(26)20-9-5-17(2)6-10-20)29(37)25(43-31)14-21-13-22(33)15-24(32)28(21)42-16-19-7-11-23(12-8-19)36(39)40/h5-15,27H,4,16H2,1-3H3/b25-14-/t27-/m0/s1. The fraction of sp³-hybridized carbons (Fsp3) is 0.194. The Balaban J connectivity index is 1.60. The van der Waals surface area contributed by atoms with Crippen molar-refractivity contribution in [1.82, 2.24) is 4.57 Å². The van der Waals surface area contributed by atoms with Gasteiger partial charge in [-0.05, 0) is 78.2 Å². The quantitative estimate of drug-likeness (QED) is 0.128. The van der Waals surface area contributed by atoms with Crippen molar-refractivity contribution in [2.24, 2.45) is 4.99 Å². The van der Waals surface area contributed by atoms with Gasteiger partial charge in [-0.25, -0.2) is 9.79 Å². The smallest absolute Gasteiger partial charge is 0.338 e. The molecule has 43 heavy (non-hydrogen) atoms. The zero-order valence-electron chi connectivity index (χ0n) is 23.3. The third-order valence-electron chi connectivity index (χ3n) is 6.76. The highest BCUT2D eigenvalue weighted by Gasteiger charge is 2.33. The lowest BCUT2D eigenvalue weighted by Gasteiger charge is -2.24. The van der Waals surface area contributed by atoms with Crippen molar-refractivity contribution in [1.29, 1.82) is 0 Å². The fourth-order valence-electron chi connectivity index (χ4n) is 4.71. The molecule has 3 aromatic carbocycles. The van der Waals surface area contributed by atoms with E-state index in [0.717, 1.165) is 16.7 Å². The van der Waals surface area contributed by atoms with Crippen LogP contribution >= 0.6 is 38.9 Å². The van der Waals surface area contributed by atoms with Crippen molar-refractivity contribution in [2.75, 3.05) is 6.61 Å². The summed E-state index contributed by atoms with van der Waals surface area (Å²) < 4.78 is 13.9. The molecule has 1 aliphatic heterocycles. The molecule has 1 aromatic heterocycles. The normalized spacial score (nSPS) is 14.7. The van der Waals surface area contributed by atoms with Crippen molar-refractivity contribution in [3.05, 3.63) is 133 Å². The molecule has 1 atom stereocenters. The topological polar surface area (TPSA) is 113 Å². The van der Waals surface area contributed by atoms with Crippen LogP contribution in [0.5, 0.6) is 5.75 Å². The lowest BCUT2D eigenvalue weighted by Crippen LogP contribution is -2.39. The van der Waals surface area contributed by atoms with E-state index in [4.69, 9.17) is 21.1 Å². The average Bonchev–Trinajstić information content (AvgIpc) is 3.26. The van der Waals surface area contributed by atoms with E-state index in [0.29, 0.717) is 41.4 Å². The summed E-state index contributed by atoms with van der Waals surface area (Å²) in [6.45, 7) is 5.74. The minimum Gasteiger partial charge on any atom is -0.487 e. The lowest BCUT2D eigenvalue weighted by atomic mass is 9.95. The van der Waals surface area contributed by atoms with Gasteiger partial charge in [0, 0.05) is 22.7 Å². The van der Waals surface area contributed by atoms with Gasteiger partial charge in [0.2, 0.25) is 0 Å². The molecule has 0 unspecified atom stereocenters. The van der Waals surface area contributed by atoms with Gasteiger partial charge in [0.25, 0.3) is 11.2 Å². The number of nitrogens with zero attached hydrogens (tertiary/aromatic N) is 3. The molecule has 0 fully saturated rings. The highest BCUT2D eigenvalue weighted by atomic mass is 79.9. The van der Waals surface area contributed by atoms with E-state index in [2.05, 4.69) is 20.9 Å². The number of halogens is 2. The molecule has 220 valence electrons. The highest BCUT2D eigenvalue weighted by Crippen LogP contribution is 2.34. The Morgan fingerprint density at radius 3 is 2.51 bits per heavy atom. The second kappa shape index (κ2) is 12.7. The summed E-state index contributed by atoms with van der Waals surface area (Å²) in [6, 6.07) is 16.4. The molecule has 0 saturated carbocycles. The molecule has 0 amide bonds. The summed E-state index contributed by atoms with van der Waals surface area (Å²) in [6.07, 6.45) is 1.68. The number of aromatic nitrogens is 1. The van der Waals surface area contributed by atoms with E-state index < -0.39 is 16.9 Å². The number of allylic oxidation sites excluding steroid dienone is 1. The molecule has 0 radical (unpaired) electrons. The number of aryl methyl sites for hydroxylation is 1. The van der Waals surface area contributed by atoms with Crippen molar-refractivity contribution >= 4 is 56.6 Å². The third kappa shape index (κ3) is 6.34. The van der Waals surface area contributed by atoms with Crippen LogP contribution in [-0.4, -0.2) is 22.1 Å². The Labute approximate surface area is 263 Å². The molecule has 12 heteroatoms. The van der Waals surface area contributed by atoms with Gasteiger partial charge in [-0.1, -0.05) is 52.8 Å². The number of benzene rings is 3. The van der Waals surface area contributed by atoms with Crippen LogP contribution < -0.4 is 19.6 Å². The van der Waals surface area contributed by atoms with E-state index in [1.165, 1.54) is 28.0 Å². The SMILES string of the molecule is CCOC(=O)C1=C(C)N=c2s/c(=C\c3cc(Cl)cc(Br)c3OCc3ccc([N+](=O)[O-])cc3)c(=O)n2[C@H]1c1ccc(C)cc1. The zero-order valence-corrected chi connectivity index (χ0v) is 26.5. The third-order valence-corrected chi connectivity index (χ3v) is 8.55. The van der Waals surface area contributed by atoms with Crippen LogP contribution in [0, 0.1) is 17.0 Å². The number of nitro groups is 1. The van der Waals surface area contributed by atoms with Gasteiger partial charge in [0.15, 0.2) is 4.80 Å². The molecule has 9 nitrogen and oxygen atoms in total. The van der Waals surface area contributed by atoms with Crippen LogP contribution in [0.1, 0.15) is 42.1 Å². The van der Waals surface area contributed by atoms with Crippen LogP contribution in [0.25, 0.3) is 6.08 Å². The number of carbonyl (C=O) groups is 1. The Bertz CT molecular complexity index is 1950. The van der Waals surface area contributed by atoms with Gasteiger partial charge in [-0.15, -0.1) is 0 Å². The molecule has 0 bridgehead atoms. The van der Waals surface area contributed by atoms with Gasteiger partial charge in [-0.2, -0.15) is 0 Å². The number of hydrogen-bond acceptors (Lipinski definition) is 8. The molecule has 0 N–H and O–H groups in total. The van der Waals surface area contributed by atoms with E-state index in [9.17, 15) is 19.7 Å². The molecular weight excluding hydrogens is 658 g/mol. The van der Waals surface area contributed by atoms with Crippen LogP contribution in [0.4, 0.5) is 5.69 Å². The summed E-state index contributed by atoms with van der Waals surface area (Å²) in [5.74, 6) is -0.0867. The molecular formula is C31H25BrClN3O6S. The van der Waals surface area contributed by atoms with Gasteiger partial charge in [-0.3, -0.25) is 19.5 Å². The highest BCUT2D eigenvalue weighted by molar-refractivity contribution is 9.10. The second-order valence-corrected chi connectivity index (χ2v) is 12.0. The maximum Gasteiger partial charge on any atom is 0.338 e. The van der Waals surface area contributed by atoms with E-state index in [1.807, 2.05) is 31.2 Å². The predicted octanol–water partition coefficient (Wildman–Crippen LogP) is 6.01. The van der Waals surface area contributed by atoms with Crippen molar-refractivity contribution < 1.29 is 19.2 Å². The first kappa shape index (κ1) is 30.4. The van der Waals surface area contributed by atoms with E-state index in [1.54, 1.807) is 44.2 Å². The Morgan fingerprint density at radius 2 is 1.86 bits per heavy atom. The number of hydrogen-bond donors (Lipinski definition) is 0. The Morgan fingerprint density at radius 1 is 1.16 bits per heavy atom. The van der Waals surface area contributed by atoms with E-state index in [-0.39, 0.29) is 24.5 Å². The van der Waals surface area contributed by atoms with Gasteiger partial charge in [0.05, 0.1) is 37.8 Å². The van der Waals surface area contributed by atoms with Gasteiger partial charge in [0.1, 0.15) is 12.4 Å². The maximum absolute atomic E-state index is 14.0. The monoisotopic (exact) mass is 681 g/mol.